The molecule has 0 saturated heterocycles. The van der Waals surface area contributed by atoms with Crippen molar-refractivity contribution in [2.75, 3.05) is 27.2 Å². The van der Waals surface area contributed by atoms with Crippen LogP contribution in [-0.2, 0) is 10.0 Å². The summed E-state index contributed by atoms with van der Waals surface area (Å²) in [5.41, 5.74) is 0.974. The molecule has 2 rings (SSSR count). The minimum absolute atomic E-state index is 0.0369. The maximum Gasteiger partial charge on any atom is 0.254 e. The van der Waals surface area contributed by atoms with Crippen LogP contribution in [0.3, 0.4) is 0 Å². The molecule has 1 unspecified atom stereocenters. The smallest absolute Gasteiger partial charge is 0.254 e. The van der Waals surface area contributed by atoms with Crippen molar-refractivity contribution in [2.45, 2.75) is 31.7 Å². The van der Waals surface area contributed by atoms with Gasteiger partial charge in [-0.3, -0.25) is 4.79 Å². The molecule has 0 heterocycles. The van der Waals surface area contributed by atoms with Gasteiger partial charge in [0.1, 0.15) is 10.6 Å². The lowest BCUT2D eigenvalue weighted by Crippen LogP contribution is -2.32. The van der Waals surface area contributed by atoms with E-state index in [2.05, 4.69) is 0 Å². The van der Waals surface area contributed by atoms with Crippen molar-refractivity contribution in [3.8, 4) is 5.75 Å². The van der Waals surface area contributed by atoms with Crippen molar-refractivity contribution in [3.05, 3.63) is 57.6 Å². The highest BCUT2D eigenvalue weighted by atomic mass is 35.5. The summed E-state index contributed by atoms with van der Waals surface area (Å²) >= 11 is 12.2. The van der Waals surface area contributed by atoms with E-state index in [0.29, 0.717) is 23.1 Å². The molecule has 9 heteroatoms. The fraction of sp³-hybridized carbons (Fsp3) is 0.381. The molecule has 164 valence electrons. The number of halogens is 2. The van der Waals surface area contributed by atoms with E-state index < -0.39 is 10.0 Å². The number of benzene rings is 2. The Bertz CT molecular complexity index is 1020. The number of sulfonamides is 1. The second-order valence-corrected chi connectivity index (χ2v) is 9.46. The van der Waals surface area contributed by atoms with Crippen LogP contribution in [0, 0.1) is 0 Å². The molecular formula is C21H26Cl2N2O4S. The molecule has 1 atom stereocenters. The number of hydrogen-bond donors (Lipinski definition) is 0. The minimum Gasteiger partial charge on any atom is -0.495 e. The van der Waals surface area contributed by atoms with Gasteiger partial charge in [-0.15, -0.1) is 0 Å². The van der Waals surface area contributed by atoms with E-state index in [0.717, 1.165) is 5.56 Å². The van der Waals surface area contributed by atoms with Crippen molar-refractivity contribution in [1.82, 2.24) is 9.21 Å². The fourth-order valence-corrected chi connectivity index (χ4v) is 5.35. The number of carbonyl (C=O) groups is 1. The van der Waals surface area contributed by atoms with E-state index in [9.17, 15) is 13.2 Å². The largest absolute Gasteiger partial charge is 0.495 e. The first kappa shape index (κ1) is 24.5. The Kier molecular flexibility index (Phi) is 8.16. The first-order chi connectivity index (χ1) is 14.1. The Morgan fingerprint density at radius 3 is 2.27 bits per heavy atom. The van der Waals surface area contributed by atoms with Crippen LogP contribution in [0.1, 0.15) is 42.7 Å². The molecular weight excluding hydrogens is 447 g/mol. The average Bonchev–Trinajstić information content (AvgIpc) is 2.72. The lowest BCUT2D eigenvalue weighted by atomic mass is 10.1. The third-order valence-electron chi connectivity index (χ3n) is 5.05. The summed E-state index contributed by atoms with van der Waals surface area (Å²) in [6.45, 7) is 5.98. The van der Waals surface area contributed by atoms with E-state index in [4.69, 9.17) is 27.9 Å². The average molecular weight is 473 g/mol. The van der Waals surface area contributed by atoms with E-state index >= 15 is 0 Å². The first-order valence-corrected chi connectivity index (χ1v) is 11.7. The summed E-state index contributed by atoms with van der Waals surface area (Å²) in [4.78, 5) is 14.6. The Hall–Kier alpha value is -1.80. The zero-order valence-electron chi connectivity index (χ0n) is 17.6. The van der Waals surface area contributed by atoms with Gasteiger partial charge in [0, 0.05) is 35.7 Å². The standard InChI is InChI=1S/C21H26Cl2N2O4S/c1-6-25(7-2)30(27,28)20-12-15(8-11-19(20)29-5)21(26)24(4)14(3)17-10-9-16(22)13-18(17)23/h8-14H,6-7H2,1-5H3. The summed E-state index contributed by atoms with van der Waals surface area (Å²) < 4.78 is 32.7. The van der Waals surface area contributed by atoms with Gasteiger partial charge in [0.25, 0.3) is 5.91 Å². The van der Waals surface area contributed by atoms with Gasteiger partial charge in [-0.05, 0) is 42.8 Å². The predicted octanol–water partition coefficient (Wildman–Crippen LogP) is 4.87. The Labute approximate surface area is 188 Å². The second-order valence-electron chi connectivity index (χ2n) is 6.71. The molecule has 0 saturated carbocycles. The molecule has 0 aliphatic rings. The number of hydrogen-bond acceptors (Lipinski definition) is 4. The van der Waals surface area contributed by atoms with Crippen molar-refractivity contribution in [3.63, 3.8) is 0 Å². The summed E-state index contributed by atoms with van der Waals surface area (Å²) in [5.74, 6) is -0.151. The van der Waals surface area contributed by atoms with Crippen molar-refractivity contribution in [2.24, 2.45) is 0 Å². The maximum absolute atomic E-state index is 13.1. The molecule has 0 spiro atoms. The normalized spacial score (nSPS) is 12.7. The highest BCUT2D eigenvalue weighted by Gasteiger charge is 2.28. The molecule has 1 amide bonds. The van der Waals surface area contributed by atoms with E-state index in [1.807, 2.05) is 6.92 Å². The van der Waals surface area contributed by atoms with Gasteiger partial charge >= 0.3 is 0 Å². The lowest BCUT2D eigenvalue weighted by molar-refractivity contribution is 0.0742. The monoisotopic (exact) mass is 472 g/mol. The zero-order chi connectivity index (χ0) is 22.6. The van der Waals surface area contributed by atoms with Gasteiger partial charge in [-0.2, -0.15) is 4.31 Å². The summed E-state index contributed by atoms with van der Waals surface area (Å²) in [6, 6.07) is 9.15. The maximum atomic E-state index is 13.1. The van der Waals surface area contributed by atoms with E-state index in [-0.39, 0.29) is 28.2 Å². The SMILES string of the molecule is CCN(CC)S(=O)(=O)c1cc(C(=O)N(C)C(C)c2ccc(Cl)cc2Cl)ccc1OC. The molecule has 0 N–H and O–H groups in total. The number of nitrogens with zero attached hydrogens (tertiary/aromatic N) is 2. The topological polar surface area (TPSA) is 66.9 Å². The van der Waals surface area contributed by atoms with Crippen molar-refractivity contribution >= 4 is 39.1 Å². The van der Waals surface area contributed by atoms with Gasteiger partial charge in [-0.25, -0.2) is 8.42 Å². The van der Waals surface area contributed by atoms with Crippen LogP contribution in [0.4, 0.5) is 0 Å². The van der Waals surface area contributed by atoms with E-state index in [1.165, 1.54) is 28.4 Å². The minimum atomic E-state index is -3.81. The molecule has 2 aromatic carbocycles. The molecule has 6 nitrogen and oxygen atoms in total. The van der Waals surface area contributed by atoms with Crippen LogP contribution in [0.2, 0.25) is 10.0 Å². The molecule has 0 fully saturated rings. The summed E-state index contributed by atoms with van der Waals surface area (Å²) in [7, 11) is -0.771. The quantitative estimate of drug-likeness (QED) is 0.549. The summed E-state index contributed by atoms with van der Waals surface area (Å²) in [6.07, 6.45) is 0. The third kappa shape index (κ3) is 4.91. The Morgan fingerprint density at radius 2 is 1.73 bits per heavy atom. The molecule has 0 aliphatic carbocycles. The highest BCUT2D eigenvalue weighted by Crippen LogP contribution is 2.32. The van der Waals surface area contributed by atoms with Crippen LogP contribution < -0.4 is 4.74 Å². The van der Waals surface area contributed by atoms with E-state index in [1.54, 1.807) is 45.2 Å². The van der Waals surface area contributed by atoms with Gasteiger partial charge in [-0.1, -0.05) is 43.1 Å². The molecule has 0 radical (unpaired) electrons. The van der Waals surface area contributed by atoms with Crippen LogP contribution in [-0.4, -0.2) is 50.8 Å². The predicted molar refractivity (Wildman–Crippen MR) is 120 cm³/mol. The highest BCUT2D eigenvalue weighted by molar-refractivity contribution is 7.89. The van der Waals surface area contributed by atoms with Crippen LogP contribution in [0.15, 0.2) is 41.3 Å². The number of methoxy groups -OCH3 is 1. The van der Waals surface area contributed by atoms with Crippen LogP contribution in [0.5, 0.6) is 5.75 Å². The van der Waals surface area contributed by atoms with Crippen molar-refractivity contribution in [1.29, 1.82) is 0 Å². The van der Waals surface area contributed by atoms with Gasteiger partial charge in [0.2, 0.25) is 10.0 Å². The Balaban J connectivity index is 2.45. The van der Waals surface area contributed by atoms with Crippen LogP contribution in [0.25, 0.3) is 0 Å². The molecule has 0 aliphatic heterocycles. The zero-order valence-corrected chi connectivity index (χ0v) is 20.0. The summed E-state index contributed by atoms with van der Waals surface area (Å²) in [5, 5.41) is 0.959. The van der Waals surface area contributed by atoms with Crippen molar-refractivity contribution < 1.29 is 17.9 Å². The molecule has 2 aromatic rings. The third-order valence-corrected chi connectivity index (χ3v) is 7.68. The van der Waals surface area contributed by atoms with Gasteiger partial charge in [0.15, 0.2) is 0 Å². The molecule has 0 aromatic heterocycles. The van der Waals surface area contributed by atoms with Crippen LogP contribution >= 0.6 is 23.2 Å². The fourth-order valence-electron chi connectivity index (χ4n) is 3.14. The second kappa shape index (κ2) is 10.0. The first-order valence-electron chi connectivity index (χ1n) is 9.48. The molecule has 0 bridgehead atoms. The number of carbonyl (C=O) groups excluding carboxylic acids is 1. The Morgan fingerprint density at radius 1 is 1.10 bits per heavy atom. The van der Waals surface area contributed by atoms with Gasteiger partial charge < -0.3 is 9.64 Å². The lowest BCUT2D eigenvalue weighted by Gasteiger charge is -2.27. The molecule has 30 heavy (non-hydrogen) atoms. The number of amides is 1. The van der Waals surface area contributed by atoms with Gasteiger partial charge in [0.05, 0.1) is 13.2 Å². The number of ether oxygens (including phenoxy) is 1. The number of rotatable bonds is 8.